The van der Waals surface area contributed by atoms with Crippen LogP contribution in [-0.4, -0.2) is 51.0 Å². The van der Waals surface area contributed by atoms with Crippen LogP contribution in [0.2, 0.25) is 15.7 Å². The molecular weight excluding hydrogens is 1340 g/mol. The molecule has 0 aliphatic carbocycles. The number of nitrogen functional groups attached to an aromatic ring is 5. The molecule has 4 aromatic heterocycles. The van der Waals surface area contributed by atoms with Gasteiger partial charge in [0.2, 0.25) is 33.6 Å². The van der Waals surface area contributed by atoms with Crippen molar-refractivity contribution >= 4 is 149 Å². The number of hydrogen-bond acceptors (Lipinski definition) is 20. The fraction of sp³-hybridized carbons (Fsp3) is 0.147. The van der Waals surface area contributed by atoms with Crippen LogP contribution in [0.15, 0.2) is 238 Å². The summed E-state index contributed by atoms with van der Waals surface area (Å²) in [6.45, 7) is 14.1. The molecule has 0 bridgehead atoms. The summed E-state index contributed by atoms with van der Waals surface area (Å²) in [7, 11) is 0. The van der Waals surface area contributed by atoms with Gasteiger partial charge in [0.25, 0.3) is 0 Å². The van der Waals surface area contributed by atoms with Gasteiger partial charge in [-0.15, -0.1) is 0 Å². The molecule has 7 aromatic carbocycles. The van der Waals surface area contributed by atoms with Crippen molar-refractivity contribution < 1.29 is 9.59 Å². The number of para-hydroxylation sites is 3. The summed E-state index contributed by atoms with van der Waals surface area (Å²) in [6.07, 6.45) is 9.07. The number of nitrogens with two attached hydrogens (primary N) is 5. The number of hydrogen-bond donors (Lipinski definition) is 11. The minimum Gasteiger partial charge on any atom is -0.399 e. The minimum absolute atomic E-state index is 0. The topological polar surface area (TPSA) is 340 Å². The lowest BCUT2D eigenvalue weighted by Crippen LogP contribution is -2.07. The zero-order valence-electron chi connectivity index (χ0n) is 51.1. The van der Waals surface area contributed by atoms with Crippen molar-refractivity contribution in [2.45, 2.75) is 79.7 Å². The molecule has 0 saturated heterocycles. The molecule has 25 heteroatoms. The van der Waals surface area contributed by atoms with Gasteiger partial charge in [-0.1, -0.05) is 156 Å². The Labute approximate surface area is 611 Å². The molecule has 0 fully saturated rings. The number of halogens is 4. The predicted octanol–water partition coefficient (Wildman–Crippen LogP) is 20.6. The highest BCUT2D eigenvalue weighted by atomic mass is 35.5. The molecule has 4 heterocycles. The third-order valence-electron chi connectivity index (χ3n) is 11.6. The van der Waals surface area contributed by atoms with Crippen LogP contribution < -0.4 is 60.6 Å². The highest BCUT2D eigenvalue weighted by Crippen LogP contribution is 2.26. The second kappa shape index (κ2) is 50.1. The lowest BCUT2D eigenvalue weighted by atomic mass is 10.2. The van der Waals surface area contributed by atoms with Gasteiger partial charge in [-0.25, -0.2) is 29.9 Å². The zero-order chi connectivity index (χ0) is 67.5. The zero-order valence-corrected chi connectivity index (χ0v) is 54.1. The number of nitrogens with one attached hydrogen (secondary N) is 6. The van der Waals surface area contributed by atoms with E-state index >= 15 is 0 Å². The first-order valence-electron chi connectivity index (χ1n) is 27.9. The van der Waals surface area contributed by atoms with Gasteiger partial charge in [0.05, 0.1) is 0 Å². The molecule has 0 atom stereocenters. The molecule has 0 radical (unpaired) electrons. The van der Waals surface area contributed by atoms with E-state index < -0.39 is 5.24 Å². The smallest absolute Gasteiger partial charge is 0.247 e. The molecule has 0 aliphatic rings. The maximum Gasteiger partial charge on any atom is 0.247 e. The number of amides is 1. The van der Waals surface area contributed by atoms with Gasteiger partial charge in [-0.05, 0) is 184 Å². The molecule has 0 aliphatic heterocycles. The van der Waals surface area contributed by atoms with Crippen molar-refractivity contribution in [3.63, 3.8) is 0 Å². The molecule has 16 N–H and O–H groups in total. The monoisotopic (exact) mass is 1440 g/mol. The van der Waals surface area contributed by atoms with E-state index in [0.29, 0.717) is 57.1 Å². The molecule has 532 valence electrons. The Morgan fingerprint density at radius 2 is 0.670 bits per heavy atom. The van der Waals surface area contributed by atoms with Crippen molar-refractivity contribution in [3.8, 4) is 0 Å². The number of benzene rings is 7. The summed E-state index contributed by atoms with van der Waals surface area (Å²) in [6, 6.07) is 58.6. The summed E-state index contributed by atoms with van der Waals surface area (Å²) in [5.74, 6) is 2.91. The Hall–Kier alpha value is -11.4. The standard InChI is InChI=1S/C20H19N5O.C17H17N5.C11H11ClN4.C6H8N2.C6H7N.C5H4Cl2N2.C3H3ClO.7CH4/c1-3-18(26)22-16-10-7-11-17(12-16)23-19-14(2)13-21-20(25-19)24-15-8-5-4-6-9-15;1-12-11-19-17(21-14-7-3-2-4-8-14)22-16(12)20-15-9-5-6-13(18)10-15;1-7-6-14-11(12)16-10(7)15-9-4-2-3-8(13)5-9;7-5-2-1-3-6(8)4-5;7-6-4-2-1-3-5-6;1-3-2-8-5(7)9-4(3)6;1-2-3(4)5;;;;;;;/h3-13H,1H2,2H3,(H,22,26)(H2,21,23,24,25);2-11H,18H2,1H3,(H2,19,20,21,22);2-6H,13H2,1H3,(H,14,15,16);1-4H,7-8H2;1-5H,7H2;2H,1H3;2H,1H2;7*1H4. The van der Waals surface area contributed by atoms with Gasteiger partial charge in [-0.2, -0.15) is 9.97 Å². The fourth-order valence-corrected chi connectivity index (χ4v) is 7.47. The second-order valence-corrected chi connectivity index (χ2v) is 20.6. The highest BCUT2D eigenvalue weighted by Gasteiger charge is 2.09. The molecule has 100 heavy (non-hydrogen) atoms. The van der Waals surface area contributed by atoms with E-state index in [1.54, 1.807) is 43.0 Å². The van der Waals surface area contributed by atoms with Crippen LogP contribution in [0.25, 0.3) is 0 Å². The van der Waals surface area contributed by atoms with Crippen molar-refractivity contribution in [2.24, 2.45) is 0 Å². The summed E-state index contributed by atoms with van der Waals surface area (Å²) in [5, 5.41) is 19.1. The molecule has 0 unspecified atom stereocenters. The van der Waals surface area contributed by atoms with Gasteiger partial charge in [0.1, 0.15) is 22.6 Å². The number of allylic oxidation sites excluding steroid dienone is 1. The van der Waals surface area contributed by atoms with Crippen molar-refractivity contribution in [3.05, 3.63) is 276 Å². The van der Waals surface area contributed by atoms with Gasteiger partial charge in [0.15, 0.2) is 0 Å². The molecule has 0 saturated carbocycles. The van der Waals surface area contributed by atoms with Crippen molar-refractivity contribution in [2.75, 3.05) is 60.6 Å². The van der Waals surface area contributed by atoms with Crippen LogP contribution in [0.5, 0.6) is 0 Å². The van der Waals surface area contributed by atoms with Crippen LogP contribution in [0.1, 0.15) is 74.2 Å². The number of rotatable bonds is 13. The first-order valence-corrected chi connectivity index (χ1v) is 29.4. The maximum absolute atomic E-state index is 11.4. The van der Waals surface area contributed by atoms with E-state index in [1.807, 2.05) is 198 Å². The van der Waals surface area contributed by atoms with E-state index in [-0.39, 0.29) is 68.5 Å². The molecule has 21 nitrogen and oxygen atoms in total. The number of aryl methyl sites for hydroxylation is 4. The lowest BCUT2D eigenvalue weighted by molar-refractivity contribution is -0.112. The fourth-order valence-electron chi connectivity index (χ4n) is 7.03. The Morgan fingerprint density at radius 3 is 1.01 bits per heavy atom. The van der Waals surface area contributed by atoms with Crippen molar-refractivity contribution in [1.29, 1.82) is 0 Å². The Kier molecular flexibility index (Phi) is 46.5. The minimum atomic E-state index is -0.509. The first-order chi connectivity index (χ1) is 44.6. The van der Waals surface area contributed by atoms with Crippen LogP contribution in [-0.2, 0) is 9.59 Å². The number of aromatic nitrogens is 8. The summed E-state index contributed by atoms with van der Waals surface area (Å²) < 4.78 is 0. The second-order valence-electron chi connectivity index (χ2n) is 19.2. The van der Waals surface area contributed by atoms with Crippen LogP contribution >= 0.6 is 46.4 Å². The van der Waals surface area contributed by atoms with Gasteiger partial charge in [-0.3, -0.25) is 9.59 Å². The predicted molar refractivity (Wildman–Crippen MR) is 433 cm³/mol. The summed E-state index contributed by atoms with van der Waals surface area (Å²) >= 11 is 21.4. The van der Waals surface area contributed by atoms with E-state index in [4.69, 9.17) is 75.1 Å². The SMILES string of the molecule is C.C.C.C.C.C.C.C=CC(=O)Cl.C=CC(=O)Nc1cccc(Nc2nc(Nc3ccccc3)ncc2C)c1.Cc1cnc(Cl)nc1Cl.Cc1cnc(Cl)nc1Nc1cccc(N)c1.Cc1cnc(Nc2ccccc2)nc1Nc1cccc(N)c1.Nc1cccc(N)c1.Nc1ccccc1. The van der Waals surface area contributed by atoms with E-state index in [2.05, 4.69) is 84.9 Å². The van der Waals surface area contributed by atoms with Crippen LogP contribution in [0.3, 0.4) is 0 Å². The van der Waals surface area contributed by atoms with Gasteiger partial charge >= 0.3 is 0 Å². The van der Waals surface area contributed by atoms with Crippen LogP contribution in [0.4, 0.5) is 91.9 Å². The molecule has 11 aromatic rings. The molecular formula is C75H97Cl4N19O2. The third kappa shape index (κ3) is 36.1. The van der Waals surface area contributed by atoms with Crippen molar-refractivity contribution in [1.82, 2.24) is 39.9 Å². The third-order valence-corrected chi connectivity index (χ3v) is 12.5. The number of anilines is 16. The molecule has 11 rings (SSSR count). The Morgan fingerprint density at radius 1 is 0.360 bits per heavy atom. The largest absolute Gasteiger partial charge is 0.399 e. The number of carbonyl (C=O) groups excluding carboxylic acids is 2. The summed E-state index contributed by atoms with van der Waals surface area (Å²) in [4.78, 5) is 54.0. The van der Waals surface area contributed by atoms with E-state index in [9.17, 15) is 9.59 Å². The maximum atomic E-state index is 11.4. The van der Waals surface area contributed by atoms with Gasteiger partial charge < -0.3 is 60.6 Å². The summed E-state index contributed by atoms with van der Waals surface area (Å²) in [5.41, 5.74) is 40.0. The first kappa shape index (κ1) is 92.8. The Bertz CT molecular complexity index is 4150. The Balaban J connectivity index is -0.00000116. The highest BCUT2D eigenvalue weighted by molar-refractivity contribution is 6.66. The average molecular weight is 1440 g/mol. The van der Waals surface area contributed by atoms with Crippen LogP contribution in [0, 0.1) is 27.7 Å². The molecule has 1 amide bonds. The van der Waals surface area contributed by atoms with Gasteiger partial charge in [0, 0.05) is 110 Å². The quantitative estimate of drug-likeness (QED) is 0.0168. The number of carbonyl (C=O) groups is 2. The van der Waals surface area contributed by atoms with E-state index in [1.165, 1.54) is 6.08 Å². The normalized spacial score (nSPS) is 9.00. The number of nitrogens with zero attached hydrogens (tertiary/aromatic N) is 8. The molecule has 0 spiro atoms. The lowest BCUT2D eigenvalue weighted by Gasteiger charge is -2.12. The average Bonchev–Trinajstić information content (AvgIpc) is 0.891. The van der Waals surface area contributed by atoms with E-state index in [0.717, 1.165) is 68.3 Å².